The molecule has 100 valence electrons. The fourth-order valence-corrected chi connectivity index (χ4v) is 2.71. The first kappa shape index (κ1) is 13.7. The van der Waals surface area contributed by atoms with E-state index in [1.807, 2.05) is 44.2 Å². The Morgan fingerprint density at radius 1 is 1.37 bits per heavy atom. The number of hydrogen-bond donors (Lipinski definition) is 2. The van der Waals surface area contributed by atoms with Gasteiger partial charge in [0.25, 0.3) is 5.91 Å². The molecule has 0 spiro atoms. The summed E-state index contributed by atoms with van der Waals surface area (Å²) in [5.41, 5.74) is 1.61. The van der Waals surface area contributed by atoms with Gasteiger partial charge in [-0.1, -0.05) is 30.3 Å². The van der Waals surface area contributed by atoms with Crippen molar-refractivity contribution in [2.75, 3.05) is 6.61 Å². The zero-order chi connectivity index (χ0) is 13.8. The summed E-state index contributed by atoms with van der Waals surface area (Å²) in [6.07, 6.45) is 0. The van der Waals surface area contributed by atoms with Crippen molar-refractivity contribution in [2.45, 2.75) is 19.9 Å². The number of benzene rings is 1. The summed E-state index contributed by atoms with van der Waals surface area (Å²) in [5.74, 6) is -0.189. The third-order valence-electron chi connectivity index (χ3n) is 2.80. The fraction of sp³-hybridized carbons (Fsp3) is 0.286. The van der Waals surface area contributed by atoms with Crippen LogP contribution in [0.3, 0.4) is 0 Å². The maximum Gasteiger partial charge on any atom is 0.263 e. The van der Waals surface area contributed by atoms with E-state index in [9.17, 15) is 9.90 Å². The zero-order valence-corrected chi connectivity index (χ0v) is 11.7. The van der Waals surface area contributed by atoms with E-state index in [0.29, 0.717) is 4.88 Å². The lowest BCUT2D eigenvalue weighted by Gasteiger charge is -2.16. The van der Waals surface area contributed by atoms with Crippen LogP contribution in [0.15, 0.2) is 30.3 Å². The Morgan fingerprint density at radius 3 is 2.58 bits per heavy atom. The first-order chi connectivity index (χ1) is 9.11. The molecular formula is C14H16N2O2S. The monoisotopic (exact) mass is 276 g/mol. The number of aliphatic hydroxyl groups excluding tert-OH is 1. The average molecular weight is 276 g/mol. The summed E-state index contributed by atoms with van der Waals surface area (Å²) in [5, 5.41) is 13.1. The van der Waals surface area contributed by atoms with Gasteiger partial charge in [0.1, 0.15) is 4.88 Å². The van der Waals surface area contributed by atoms with Crippen LogP contribution in [0.5, 0.6) is 0 Å². The largest absolute Gasteiger partial charge is 0.394 e. The van der Waals surface area contributed by atoms with E-state index < -0.39 is 6.04 Å². The SMILES string of the molecule is Cc1nc(C)c(C(=O)NC(CO)c2ccccc2)s1. The molecule has 0 aliphatic rings. The Kier molecular flexibility index (Phi) is 4.29. The molecule has 5 heteroatoms. The zero-order valence-electron chi connectivity index (χ0n) is 10.9. The molecule has 0 aliphatic heterocycles. The van der Waals surface area contributed by atoms with Crippen LogP contribution in [0.1, 0.15) is 32.0 Å². The second-order valence-electron chi connectivity index (χ2n) is 4.27. The number of thiazole rings is 1. The Labute approximate surface area is 116 Å². The molecule has 1 aromatic heterocycles. The normalized spacial score (nSPS) is 12.2. The van der Waals surface area contributed by atoms with Crippen molar-refractivity contribution in [3.8, 4) is 0 Å². The molecule has 0 radical (unpaired) electrons. The highest BCUT2D eigenvalue weighted by Crippen LogP contribution is 2.19. The van der Waals surface area contributed by atoms with Crippen LogP contribution in [0, 0.1) is 13.8 Å². The van der Waals surface area contributed by atoms with Crippen LogP contribution in [0.4, 0.5) is 0 Å². The first-order valence-corrected chi connectivity index (χ1v) is 6.84. The summed E-state index contributed by atoms with van der Waals surface area (Å²) in [6, 6.07) is 9.03. The highest BCUT2D eigenvalue weighted by Gasteiger charge is 2.18. The predicted molar refractivity (Wildman–Crippen MR) is 75.3 cm³/mol. The number of rotatable bonds is 4. The second-order valence-corrected chi connectivity index (χ2v) is 5.47. The van der Waals surface area contributed by atoms with Gasteiger partial charge in [-0.05, 0) is 19.4 Å². The molecule has 0 saturated carbocycles. The fourth-order valence-electron chi connectivity index (χ4n) is 1.89. The maximum atomic E-state index is 12.2. The lowest BCUT2D eigenvalue weighted by molar-refractivity contribution is 0.0919. The van der Waals surface area contributed by atoms with E-state index in [0.717, 1.165) is 16.3 Å². The van der Waals surface area contributed by atoms with Gasteiger partial charge in [-0.25, -0.2) is 4.98 Å². The van der Waals surface area contributed by atoms with Crippen molar-refractivity contribution in [1.29, 1.82) is 0 Å². The third kappa shape index (κ3) is 3.19. The number of carbonyl (C=O) groups excluding carboxylic acids is 1. The highest BCUT2D eigenvalue weighted by atomic mass is 32.1. The Balaban J connectivity index is 2.15. The summed E-state index contributed by atoms with van der Waals surface area (Å²) < 4.78 is 0. The number of nitrogens with one attached hydrogen (secondary N) is 1. The number of hydrogen-bond acceptors (Lipinski definition) is 4. The van der Waals surface area contributed by atoms with Gasteiger partial charge in [0, 0.05) is 0 Å². The first-order valence-electron chi connectivity index (χ1n) is 6.02. The van der Waals surface area contributed by atoms with E-state index >= 15 is 0 Å². The van der Waals surface area contributed by atoms with E-state index in [1.54, 1.807) is 0 Å². The lowest BCUT2D eigenvalue weighted by atomic mass is 10.1. The van der Waals surface area contributed by atoms with Gasteiger partial charge in [-0.3, -0.25) is 4.79 Å². The molecule has 4 nitrogen and oxygen atoms in total. The minimum absolute atomic E-state index is 0.132. The Bertz CT molecular complexity index is 566. The number of nitrogens with zero attached hydrogens (tertiary/aromatic N) is 1. The minimum Gasteiger partial charge on any atom is -0.394 e. The smallest absolute Gasteiger partial charge is 0.263 e. The minimum atomic E-state index is -0.393. The molecule has 1 atom stereocenters. The average Bonchev–Trinajstić information content (AvgIpc) is 2.76. The van der Waals surface area contributed by atoms with Crippen LogP contribution in [-0.2, 0) is 0 Å². The maximum absolute atomic E-state index is 12.2. The van der Waals surface area contributed by atoms with Crippen LogP contribution in [0.25, 0.3) is 0 Å². The van der Waals surface area contributed by atoms with Crippen LogP contribution >= 0.6 is 11.3 Å². The van der Waals surface area contributed by atoms with Crippen molar-refractivity contribution in [2.24, 2.45) is 0 Å². The van der Waals surface area contributed by atoms with Crippen molar-refractivity contribution in [3.05, 3.63) is 51.5 Å². The quantitative estimate of drug-likeness (QED) is 0.900. The van der Waals surface area contributed by atoms with Crippen LogP contribution in [0.2, 0.25) is 0 Å². The van der Waals surface area contributed by atoms with Gasteiger partial charge in [0.05, 0.1) is 23.4 Å². The van der Waals surface area contributed by atoms with E-state index in [1.165, 1.54) is 11.3 Å². The number of amides is 1. The molecule has 0 fully saturated rings. The van der Waals surface area contributed by atoms with Gasteiger partial charge >= 0.3 is 0 Å². The number of carbonyl (C=O) groups is 1. The van der Waals surface area contributed by atoms with Crippen molar-refractivity contribution in [1.82, 2.24) is 10.3 Å². The molecule has 1 aromatic carbocycles. The highest BCUT2D eigenvalue weighted by molar-refractivity contribution is 7.13. The van der Waals surface area contributed by atoms with Gasteiger partial charge in [0.15, 0.2) is 0 Å². The Hall–Kier alpha value is -1.72. The molecule has 19 heavy (non-hydrogen) atoms. The third-order valence-corrected chi connectivity index (χ3v) is 3.87. The van der Waals surface area contributed by atoms with E-state index in [2.05, 4.69) is 10.3 Å². The van der Waals surface area contributed by atoms with Gasteiger partial charge in [-0.2, -0.15) is 0 Å². The topological polar surface area (TPSA) is 62.2 Å². The molecule has 0 aliphatic carbocycles. The predicted octanol–water partition coefficient (Wildman–Crippen LogP) is 2.22. The molecule has 2 rings (SSSR count). The summed E-state index contributed by atoms with van der Waals surface area (Å²) in [7, 11) is 0. The molecule has 1 unspecified atom stereocenters. The van der Waals surface area contributed by atoms with Gasteiger partial charge in [0.2, 0.25) is 0 Å². The van der Waals surface area contributed by atoms with Crippen LogP contribution in [-0.4, -0.2) is 22.6 Å². The van der Waals surface area contributed by atoms with Crippen molar-refractivity contribution >= 4 is 17.2 Å². The molecule has 2 aromatic rings. The molecule has 2 N–H and O–H groups in total. The van der Waals surface area contributed by atoms with E-state index in [-0.39, 0.29) is 12.5 Å². The van der Waals surface area contributed by atoms with Crippen molar-refractivity contribution < 1.29 is 9.90 Å². The lowest BCUT2D eigenvalue weighted by Crippen LogP contribution is -2.30. The summed E-state index contributed by atoms with van der Waals surface area (Å²) in [6.45, 7) is 3.55. The molecule has 1 heterocycles. The number of aryl methyl sites for hydroxylation is 2. The summed E-state index contributed by atoms with van der Waals surface area (Å²) >= 11 is 1.37. The standard InChI is InChI=1S/C14H16N2O2S/c1-9-13(19-10(2)15-9)14(18)16-12(8-17)11-6-4-3-5-7-11/h3-7,12,17H,8H2,1-2H3,(H,16,18). The Morgan fingerprint density at radius 2 is 2.05 bits per heavy atom. The summed E-state index contributed by atoms with van der Waals surface area (Å²) in [4.78, 5) is 17.0. The molecule has 1 amide bonds. The van der Waals surface area contributed by atoms with Crippen LogP contribution < -0.4 is 5.32 Å². The van der Waals surface area contributed by atoms with Gasteiger partial charge < -0.3 is 10.4 Å². The van der Waals surface area contributed by atoms with Gasteiger partial charge in [-0.15, -0.1) is 11.3 Å². The number of aromatic nitrogens is 1. The van der Waals surface area contributed by atoms with E-state index in [4.69, 9.17) is 0 Å². The molecular weight excluding hydrogens is 260 g/mol. The molecule has 0 bridgehead atoms. The second kappa shape index (κ2) is 5.95. The number of aliphatic hydroxyl groups is 1. The van der Waals surface area contributed by atoms with Crippen molar-refractivity contribution in [3.63, 3.8) is 0 Å². The molecule has 0 saturated heterocycles.